The number of allylic oxidation sites excluding steroid dienone is 1. The van der Waals surface area contributed by atoms with Crippen LogP contribution in [0.3, 0.4) is 0 Å². The minimum absolute atomic E-state index is 0.00477. The van der Waals surface area contributed by atoms with E-state index in [-0.39, 0.29) is 51.4 Å². The Morgan fingerprint density at radius 1 is 0.745 bits per heavy atom. The second-order valence-electron chi connectivity index (χ2n) is 21.0. The third-order valence-electron chi connectivity index (χ3n) is 17.9. The van der Waals surface area contributed by atoms with Gasteiger partial charge in [-0.1, -0.05) is 53.7 Å². The van der Waals surface area contributed by atoms with Gasteiger partial charge in [-0.15, -0.1) is 0 Å². The Labute approximate surface area is 325 Å². The Kier molecular flexibility index (Phi) is 9.95. The molecule has 0 amide bonds. The summed E-state index contributed by atoms with van der Waals surface area (Å²) in [5.74, 6) is 0.379. The monoisotopic (exact) mass is 780 g/mol. The zero-order chi connectivity index (χ0) is 39.9. The second kappa shape index (κ2) is 13.4. The molecule has 1 spiro atoms. The first-order chi connectivity index (χ1) is 25.7. The van der Waals surface area contributed by atoms with Crippen LogP contribution in [-0.2, 0) is 23.7 Å². The molecule has 0 radical (unpaired) electrons. The smallest absolute Gasteiger partial charge is 0.187 e. The highest BCUT2D eigenvalue weighted by Crippen LogP contribution is 2.79. The molecule has 21 atom stereocenters. The van der Waals surface area contributed by atoms with Gasteiger partial charge in [0.15, 0.2) is 12.6 Å². The van der Waals surface area contributed by atoms with E-state index in [0.717, 1.165) is 38.5 Å². The molecule has 8 N–H and O–H groups in total. The molecule has 13 heteroatoms. The standard InChI is InChI=1S/C42H68O13/c1-21-28(46)32(55-35-31(49)30(48)29(47)22(18-43)53-35)33(34(50)52-21)54-27-10-11-37(4)23(38(27,5)19-44)8-12-39(6)24(37)9-13-42-25-16-36(2,3)14-15-41(25,20-51-42)26(45)17-40(39,42)7/h9,13,21-35,43-50H,8,10-12,14-20H2,1-7H3/t21-,22-,23-,24-,25-,26-,27+,28+,29-,30+,31-,32+,33-,34-,35+,37+,38+,39-,40+,41-,42+/m1/s1. The molecule has 4 saturated carbocycles. The fraction of sp³-hybridized carbons (Fsp3) is 0.952. The second-order valence-corrected chi connectivity index (χ2v) is 21.0. The molecule has 0 aromatic carbocycles. The normalized spacial score (nSPS) is 59.7. The van der Waals surface area contributed by atoms with Crippen molar-refractivity contribution in [3.63, 3.8) is 0 Å². The number of fused-ring (bicyclic) bond motifs is 4. The largest absolute Gasteiger partial charge is 0.396 e. The van der Waals surface area contributed by atoms with Gasteiger partial charge in [0.25, 0.3) is 0 Å². The van der Waals surface area contributed by atoms with Gasteiger partial charge < -0.3 is 64.5 Å². The van der Waals surface area contributed by atoms with E-state index in [1.165, 1.54) is 0 Å². The Bertz CT molecular complexity index is 1490. The summed E-state index contributed by atoms with van der Waals surface area (Å²) in [5.41, 5.74) is -2.04. The molecule has 2 bridgehead atoms. The van der Waals surface area contributed by atoms with E-state index in [2.05, 4.69) is 46.8 Å². The molecule has 0 unspecified atom stereocenters. The first-order valence-electron chi connectivity index (χ1n) is 20.9. The lowest BCUT2D eigenvalue weighted by Crippen LogP contribution is -2.72. The number of ether oxygens (including phenoxy) is 5. The van der Waals surface area contributed by atoms with Crippen molar-refractivity contribution in [1.29, 1.82) is 0 Å². The summed E-state index contributed by atoms with van der Waals surface area (Å²) in [6, 6.07) is 0. The molecular weight excluding hydrogens is 712 g/mol. The topological polar surface area (TPSA) is 208 Å². The van der Waals surface area contributed by atoms with Gasteiger partial charge in [0.05, 0.1) is 43.7 Å². The molecule has 3 aliphatic heterocycles. The minimum Gasteiger partial charge on any atom is -0.396 e. The first-order valence-corrected chi connectivity index (χ1v) is 20.9. The third-order valence-corrected chi connectivity index (χ3v) is 17.9. The van der Waals surface area contributed by atoms with Crippen LogP contribution in [0.4, 0.5) is 0 Å². The number of hydrogen-bond donors (Lipinski definition) is 8. The fourth-order valence-corrected chi connectivity index (χ4v) is 14.4. The summed E-state index contributed by atoms with van der Waals surface area (Å²) in [7, 11) is 0. The van der Waals surface area contributed by atoms with Crippen molar-refractivity contribution in [2.24, 2.45) is 50.2 Å². The van der Waals surface area contributed by atoms with Crippen LogP contribution in [0, 0.1) is 50.2 Å². The fourth-order valence-electron chi connectivity index (χ4n) is 14.4. The van der Waals surface area contributed by atoms with Crippen molar-refractivity contribution in [2.45, 2.75) is 179 Å². The van der Waals surface area contributed by atoms with Gasteiger partial charge in [-0.05, 0) is 86.4 Å². The van der Waals surface area contributed by atoms with E-state index in [0.29, 0.717) is 19.4 Å². The maximum Gasteiger partial charge on any atom is 0.187 e. The SMILES string of the molecule is C[C@H]1O[C@@H](O)[C@H](O[C@H]2CC[C@@]3(C)[C@@H](CC[C@]4(C)[C@@H]3C=C[C@]35OC[C@@]6(CCC(C)(C)C[C@H]63)[C@H](O)C[C@]54C)[C@]2(C)CO)[C@@H](O[C@@H]2O[C@H](CO)[C@@H](O)[C@H](O)[C@H]2O)[C@H]1O. The van der Waals surface area contributed by atoms with Crippen LogP contribution in [0.25, 0.3) is 0 Å². The van der Waals surface area contributed by atoms with Crippen LogP contribution < -0.4 is 0 Å². The van der Waals surface area contributed by atoms with Gasteiger partial charge in [-0.25, -0.2) is 0 Å². The molecule has 7 fully saturated rings. The Morgan fingerprint density at radius 3 is 2.16 bits per heavy atom. The predicted octanol–water partition coefficient (Wildman–Crippen LogP) is 1.78. The van der Waals surface area contributed by atoms with E-state index in [1.54, 1.807) is 6.92 Å². The molecule has 3 heterocycles. The molecular formula is C42H68O13. The van der Waals surface area contributed by atoms with Gasteiger partial charge in [0.1, 0.15) is 42.7 Å². The van der Waals surface area contributed by atoms with E-state index in [9.17, 15) is 40.9 Å². The zero-order valence-electron chi connectivity index (χ0n) is 33.7. The molecule has 55 heavy (non-hydrogen) atoms. The number of aliphatic hydroxyl groups excluding tert-OH is 8. The Balaban J connectivity index is 1.09. The van der Waals surface area contributed by atoms with Crippen LogP contribution >= 0.6 is 0 Å². The van der Waals surface area contributed by atoms with Crippen molar-refractivity contribution in [3.05, 3.63) is 12.2 Å². The molecule has 8 aliphatic rings. The summed E-state index contributed by atoms with van der Waals surface area (Å²) in [6.45, 7) is 15.3. The lowest BCUT2D eigenvalue weighted by molar-refractivity contribution is -0.366. The van der Waals surface area contributed by atoms with Crippen molar-refractivity contribution in [3.8, 4) is 0 Å². The number of hydrogen-bond acceptors (Lipinski definition) is 13. The molecule has 3 saturated heterocycles. The maximum absolute atomic E-state index is 12.1. The Hall–Kier alpha value is -0.780. The maximum atomic E-state index is 12.1. The molecule has 13 nitrogen and oxygen atoms in total. The molecule has 0 aromatic rings. The summed E-state index contributed by atoms with van der Waals surface area (Å²) >= 11 is 0. The highest BCUT2D eigenvalue weighted by Gasteiger charge is 2.79. The van der Waals surface area contributed by atoms with E-state index < -0.39 is 91.2 Å². The number of aliphatic hydroxyl groups is 8. The lowest BCUT2D eigenvalue weighted by Gasteiger charge is -2.73. The average Bonchev–Trinajstić information content (AvgIpc) is 3.41. The quantitative estimate of drug-likeness (QED) is 0.181. The van der Waals surface area contributed by atoms with Crippen molar-refractivity contribution < 1.29 is 64.5 Å². The Morgan fingerprint density at radius 2 is 1.47 bits per heavy atom. The predicted molar refractivity (Wildman–Crippen MR) is 197 cm³/mol. The zero-order valence-corrected chi connectivity index (χ0v) is 33.7. The van der Waals surface area contributed by atoms with E-state index in [4.69, 9.17) is 23.7 Å². The van der Waals surface area contributed by atoms with Crippen molar-refractivity contribution in [2.75, 3.05) is 19.8 Å². The highest BCUT2D eigenvalue weighted by molar-refractivity contribution is 5.36. The van der Waals surface area contributed by atoms with E-state index >= 15 is 0 Å². The summed E-state index contributed by atoms with van der Waals surface area (Å²) < 4.78 is 31.3. The van der Waals surface area contributed by atoms with Crippen molar-refractivity contribution >= 4 is 0 Å². The summed E-state index contributed by atoms with van der Waals surface area (Å²) in [5, 5.41) is 87.4. The lowest BCUT2D eigenvalue weighted by atomic mass is 9.32. The van der Waals surface area contributed by atoms with Gasteiger partial charge in [-0.2, -0.15) is 0 Å². The van der Waals surface area contributed by atoms with Crippen LogP contribution in [0.1, 0.15) is 99.8 Å². The summed E-state index contributed by atoms with van der Waals surface area (Å²) in [4.78, 5) is 0. The minimum atomic E-state index is -1.72. The van der Waals surface area contributed by atoms with Crippen LogP contribution in [0.5, 0.6) is 0 Å². The molecule has 8 rings (SSSR count). The van der Waals surface area contributed by atoms with Crippen LogP contribution in [-0.4, -0.2) is 140 Å². The van der Waals surface area contributed by atoms with E-state index in [1.807, 2.05) is 6.92 Å². The molecule has 5 aliphatic carbocycles. The number of rotatable bonds is 6. The molecule has 314 valence electrons. The molecule has 0 aromatic heterocycles. The van der Waals surface area contributed by atoms with Crippen LogP contribution in [0.15, 0.2) is 12.2 Å². The summed E-state index contributed by atoms with van der Waals surface area (Å²) in [6.07, 6.45) is -3.55. The highest BCUT2D eigenvalue weighted by atomic mass is 16.7. The van der Waals surface area contributed by atoms with Gasteiger partial charge >= 0.3 is 0 Å². The van der Waals surface area contributed by atoms with Gasteiger partial charge in [0.2, 0.25) is 0 Å². The first kappa shape index (κ1) is 41.0. The van der Waals surface area contributed by atoms with Crippen molar-refractivity contribution in [1.82, 2.24) is 0 Å². The average molecular weight is 781 g/mol. The van der Waals surface area contributed by atoms with Crippen LogP contribution in [0.2, 0.25) is 0 Å². The third kappa shape index (κ3) is 5.44. The van der Waals surface area contributed by atoms with Gasteiger partial charge in [0, 0.05) is 22.2 Å². The van der Waals surface area contributed by atoms with Gasteiger partial charge in [-0.3, -0.25) is 0 Å².